The molecule has 0 saturated carbocycles. The normalized spacial score (nSPS) is 22.7. The van der Waals surface area contributed by atoms with E-state index in [9.17, 15) is 4.79 Å². The number of carbonyl (C=O) groups excluding carboxylic acids is 1. The monoisotopic (exact) mass is 387 g/mol. The Kier molecular flexibility index (Phi) is 4.72. The Morgan fingerprint density at radius 2 is 1.93 bits per heavy atom. The van der Waals surface area contributed by atoms with Gasteiger partial charge in [0.25, 0.3) is 5.91 Å². The Hall–Kier alpha value is -2.86. The highest BCUT2D eigenvalue weighted by Gasteiger charge is 2.28. The zero-order valence-electron chi connectivity index (χ0n) is 16.7. The Labute approximate surface area is 170 Å². The second-order valence-electron chi connectivity index (χ2n) is 8.10. The molecule has 2 aromatic rings. The third-order valence-electron chi connectivity index (χ3n) is 6.12. The van der Waals surface area contributed by atoms with Crippen LogP contribution < -0.4 is 0 Å². The van der Waals surface area contributed by atoms with Crippen molar-refractivity contribution in [2.24, 2.45) is 21.8 Å². The third kappa shape index (κ3) is 3.60. The van der Waals surface area contributed by atoms with Crippen LogP contribution >= 0.6 is 0 Å². The molecule has 3 aliphatic rings. The number of rotatable bonds is 4. The summed E-state index contributed by atoms with van der Waals surface area (Å²) in [6, 6.07) is 8.36. The molecule has 1 saturated heterocycles. The Morgan fingerprint density at radius 3 is 2.79 bits per heavy atom. The van der Waals surface area contributed by atoms with Gasteiger partial charge >= 0.3 is 0 Å². The summed E-state index contributed by atoms with van der Waals surface area (Å²) in [5.74, 6) is 1.99. The number of hydrogen-bond acceptors (Lipinski definition) is 4. The number of aliphatic imine (C=N–C) groups is 2. The number of carbonyl (C=O) groups is 1. The van der Waals surface area contributed by atoms with E-state index in [-0.39, 0.29) is 11.8 Å². The van der Waals surface area contributed by atoms with E-state index >= 15 is 0 Å². The van der Waals surface area contributed by atoms with Gasteiger partial charge in [0.1, 0.15) is 17.6 Å². The molecule has 5 rings (SSSR count). The van der Waals surface area contributed by atoms with Gasteiger partial charge in [-0.25, -0.2) is 9.98 Å². The van der Waals surface area contributed by atoms with Gasteiger partial charge in [0.05, 0.1) is 23.3 Å². The van der Waals surface area contributed by atoms with Crippen molar-refractivity contribution >= 4 is 28.5 Å². The van der Waals surface area contributed by atoms with Gasteiger partial charge in [-0.05, 0) is 57.0 Å². The van der Waals surface area contributed by atoms with Crippen molar-refractivity contribution in [3.8, 4) is 0 Å². The average molecular weight is 387 g/mol. The van der Waals surface area contributed by atoms with Crippen LogP contribution in [0.4, 0.5) is 0 Å². The molecule has 0 N–H and O–H groups in total. The summed E-state index contributed by atoms with van der Waals surface area (Å²) >= 11 is 0. The van der Waals surface area contributed by atoms with E-state index in [1.54, 1.807) is 0 Å². The molecule has 1 aromatic carbocycles. The van der Waals surface area contributed by atoms with E-state index in [2.05, 4.69) is 44.6 Å². The lowest BCUT2D eigenvalue weighted by Crippen LogP contribution is -2.39. The minimum absolute atomic E-state index is 0.0945. The first-order valence-electron chi connectivity index (χ1n) is 10.4. The van der Waals surface area contributed by atoms with Gasteiger partial charge in [0, 0.05) is 6.54 Å². The number of para-hydroxylation sites is 2. The number of nitrogens with zero attached hydrogens (tertiary/aromatic N) is 5. The summed E-state index contributed by atoms with van der Waals surface area (Å²) < 4.78 is 2.36. The number of imidazole rings is 1. The van der Waals surface area contributed by atoms with E-state index in [1.165, 1.54) is 5.52 Å². The predicted octanol–water partition coefficient (Wildman–Crippen LogP) is 3.18. The van der Waals surface area contributed by atoms with Gasteiger partial charge in [0.2, 0.25) is 0 Å². The quantitative estimate of drug-likeness (QED) is 0.809. The number of piperidine rings is 1. The number of likely N-dealkylation sites (tertiary alicyclic amines) is 1. The minimum Gasteiger partial charge on any atom is -0.328 e. The summed E-state index contributed by atoms with van der Waals surface area (Å²) in [6.07, 6.45) is 9.87. The molecule has 0 spiro atoms. The number of allylic oxidation sites excluding steroid dienone is 3. The summed E-state index contributed by atoms with van der Waals surface area (Å²) in [6.45, 7) is 5.77. The molecule has 1 unspecified atom stereocenters. The average Bonchev–Trinajstić information content (AvgIpc) is 3.05. The molecule has 6 heteroatoms. The highest BCUT2D eigenvalue weighted by atomic mass is 16.1. The molecule has 29 heavy (non-hydrogen) atoms. The van der Waals surface area contributed by atoms with Gasteiger partial charge < -0.3 is 4.57 Å². The van der Waals surface area contributed by atoms with E-state index in [0.717, 1.165) is 49.5 Å². The Morgan fingerprint density at radius 1 is 1.10 bits per heavy atom. The number of fused-ring (bicyclic) bond motifs is 2. The molecule has 1 fully saturated rings. The molecule has 1 amide bonds. The standard InChI is InChI=1S/C23H25N5O/c1-16-24-20-8-4-5-9-21(20)28(16)14-17-10-12-27(13-11-17)15-22-25-19-7-3-2-6-18(19)23(29)26-22/h2-9,17-18H,10-15H2,1H3. The zero-order valence-corrected chi connectivity index (χ0v) is 16.7. The van der Waals surface area contributed by atoms with Crippen LogP contribution in [-0.4, -0.2) is 51.5 Å². The summed E-state index contributed by atoms with van der Waals surface area (Å²) in [5.41, 5.74) is 3.12. The zero-order chi connectivity index (χ0) is 19.8. The van der Waals surface area contributed by atoms with Crippen molar-refractivity contribution in [1.82, 2.24) is 14.5 Å². The smallest absolute Gasteiger partial charge is 0.260 e. The molecule has 6 nitrogen and oxygen atoms in total. The fourth-order valence-corrected chi connectivity index (χ4v) is 4.50. The van der Waals surface area contributed by atoms with Crippen LogP contribution in [0.3, 0.4) is 0 Å². The maximum absolute atomic E-state index is 12.3. The lowest BCUT2D eigenvalue weighted by atomic mass is 9.95. The molecule has 0 bridgehead atoms. The lowest BCUT2D eigenvalue weighted by Gasteiger charge is -2.32. The highest BCUT2D eigenvalue weighted by molar-refractivity contribution is 6.21. The first-order valence-corrected chi connectivity index (χ1v) is 10.4. The predicted molar refractivity (Wildman–Crippen MR) is 115 cm³/mol. The van der Waals surface area contributed by atoms with Crippen molar-refractivity contribution in [3.63, 3.8) is 0 Å². The van der Waals surface area contributed by atoms with Crippen molar-refractivity contribution in [1.29, 1.82) is 0 Å². The van der Waals surface area contributed by atoms with Crippen LogP contribution in [0.15, 0.2) is 58.6 Å². The van der Waals surface area contributed by atoms with E-state index in [4.69, 9.17) is 4.98 Å². The van der Waals surface area contributed by atoms with Crippen molar-refractivity contribution in [2.75, 3.05) is 19.6 Å². The third-order valence-corrected chi connectivity index (χ3v) is 6.12. The van der Waals surface area contributed by atoms with Gasteiger partial charge in [-0.3, -0.25) is 9.69 Å². The number of amides is 1. The molecule has 0 radical (unpaired) electrons. The van der Waals surface area contributed by atoms with Gasteiger partial charge in [-0.1, -0.05) is 30.4 Å². The number of hydrogen-bond donors (Lipinski definition) is 0. The fourth-order valence-electron chi connectivity index (χ4n) is 4.50. The maximum Gasteiger partial charge on any atom is 0.260 e. The maximum atomic E-state index is 12.3. The first-order chi connectivity index (χ1) is 14.2. The van der Waals surface area contributed by atoms with E-state index < -0.39 is 0 Å². The number of amidine groups is 1. The van der Waals surface area contributed by atoms with Gasteiger partial charge in [-0.15, -0.1) is 0 Å². The number of benzene rings is 1. The molecular formula is C23H25N5O. The first kappa shape index (κ1) is 18.2. The van der Waals surface area contributed by atoms with E-state index in [0.29, 0.717) is 18.3 Å². The second-order valence-corrected chi connectivity index (χ2v) is 8.10. The minimum atomic E-state index is -0.289. The van der Waals surface area contributed by atoms with E-state index in [1.807, 2.05) is 30.4 Å². The topological polar surface area (TPSA) is 62.9 Å². The summed E-state index contributed by atoms with van der Waals surface area (Å²) in [5, 5.41) is 0. The number of aryl methyl sites for hydroxylation is 1. The highest BCUT2D eigenvalue weighted by Crippen LogP contribution is 2.24. The second kappa shape index (κ2) is 7.52. The molecule has 1 aliphatic carbocycles. The summed E-state index contributed by atoms with van der Waals surface area (Å²) in [7, 11) is 0. The van der Waals surface area contributed by atoms with Crippen LogP contribution in [0.2, 0.25) is 0 Å². The van der Waals surface area contributed by atoms with Crippen LogP contribution in [0.1, 0.15) is 18.7 Å². The molecular weight excluding hydrogens is 362 g/mol. The van der Waals surface area contributed by atoms with Crippen LogP contribution in [0.5, 0.6) is 0 Å². The molecule has 1 aromatic heterocycles. The van der Waals surface area contributed by atoms with Crippen LogP contribution in [0, 0.1) is 18.8 Å². The van der Waals surface area contributed by atoms with Crippen molar-refractivity contribution < 1.29 is 4.79 Å². The largest absolute Gasteiger partial charge is 0.328 e. The Balaban J connectivity index is 1.21. The van der Waals surface area contributed by atoms with Crippen LogP contribution in [-0.2, 0) is 11.3 Å². The fraction of sp³-hybridized carbons (Fsp3) is 0.391. The molecule has 1 atom stereocenters. The van der Waals surface area contributed by atoms with Gasteiger partial charge in [0.15, 0.2) is 0 Å². The van der Waals surface area contributed by atoms with Crippen LogP contribution in [0.25, 0.3) is 11.0 Å². The lowest BCUT2D eigenvalue weighted by molar-refractivity contribution is -0.118. The SMILES string of the molecule is Cc1nc2ccccc2n1CC1CCN(CC2=NC(=O)C3C=CC=CC3=N2)CC1. The molecule has 148 valence electrons. The molecule has 3 heterocycles. The van der Waals surface area contributed by atoms with Crippen molar-refractivity contribution in [3.05, 3.63) is 54.4 Å². The van der Waals surface area contributed by atoms with Gasteiger partial charge in [-0.2, -0.15) is 4.99 Å². The number of aromatic nitrogens is 2. The van der Waals surface area contributed by atoms with Crippen molar-refractivity contribution in [2.45, 2.75) is 26.3 Å². The Bertz CT molecular complexity index is 1070. The summed E-state index contributed by atoms with van der Waals surface area (Å²) in [4.78, 5) is 28.2. The molecule has 2 aliphatic heterocycles.